The second-order valence-corrected chi connectivity index (χ2v) is 5.28. The molecule has 3 unspecified atom stereocenters. The largest absolute Gasteiger partial charge is 0.493 e. The molecule has 3 N–H and O–H groups in total. The van der Waals surface area contributed by atoms with Crippen molar-refractivity contribution in [2.24, 2.45) is 17.6 Å². The van der Waals surface area contributed by atoms with Crippen molar-refractivity contribution in [2.45, 2.75) is 19.4 Å². The van der Waals surface area contributed by atoms with Gasteiger partial charge in [0.15, 0.2) is 11.5 Å². The standard InChI is InChI=1S/C15H24N2O2/c1-10-6-12(10)9-17-13(8-16)11-4-5-14(18-2)15(7-11)19-3/h4-5,7,10,12-13,17H,6,8-9,16H2,1-3H3. The summed E-state index contributed by atoms with van der Waals surface area (Å²) in [4.78, 5) is 0. The van der Waals surface area contributed by atoms with Gasteiger partial charge in [-0.25, -0.2) is 0 Å². The van der Waals surface area contributed by atoms with Crippen molar-refractivity contribution in [3.8, 4) is 11.5 Å². The van der Waals surface area contributed by atoms with E-state index in [0.29, 0.717) is 6.54 Å². The lowest BCUT2D eigenvalue weighted by molar-refractivity contribution is 0.353. The number of nitrogens with two attached hydrogens (primary N) is 1. The molecule has 0 bridgehead atoms. The van der Waals surface area contributed by atoms with Crippen LogP contribution >= 0.6 is 0 Å². The summed E-state index contributed by atoms with van der Waals surface area (Å²) >= 11 is 0. The molecule has 0 amide bonds. The number of rotatable bonds is 7. The molecule has 106 valence electrons. The third kappa shape index (κ3) is 3.39. The molecule has 0 saturated heterocycles. The monoisotopic (exact) mass is 264 g/mol. The number of nitrogens with one attached hydrogen (secondary N) is 1. The fourth-order valence-corrected chi connectivity index (χ4v) is 2.38. The van der Waals surface area contributed by atoms with E-state index >= 15 is 0 Å². The molecule has 0 radical (unpaired) electrons. The Morgan fingerprint density at radius 2 is 2.00 bits per heavy atom. The Morgan fingerprint density at radius 3 is 2.53 bits per heavy atom. The van der Waals surface area contributed by atoms with Gasteiger partial charge in [0, 0.05) is 12.6 Å². The Balaban J connectivity index is 2.04. The first-order chi connectivity index (χ1) is 9.19. The molecule has 0 heterocycles. The lowest BCUT2D eigenvalue weighted by Crippen LogP contribution is -2.30. The fraction of sp³-hybridized carbons (Fsp3) is 0.600. The van der Waals surface area contributed by atoms with E-state index in [-0.39, 0.29) is 6.04 Å². The van der Waals surface area contributed by atoms with Crippen molar-refractivity contribution in [1.29, 1.82) is 0 Å². The van der Waals surface area contributed by atoms with E-state index in [1.807, 2.05) is 18.2 Å². The highest BCUT2D eigenvalue weighted by Crippen LogP contribution is 2.37. The van der Waals surface area contributed by atoms with Crippen LogP contribution in [0.2, 0.25) is 0 Å². The minimum Gasteiger partial charge on any atom is -0.493 e. The van der Waals surface area contributed by atoms with Gasteiger partial charge in [-0.3, -0.25) is 0 Å². The Labute approximate surface area is 115 Å². The number of ether oxygens (including phenoxy) is 2. The number of methoxy groups -OCH3 is 2. The highest BCUT2D eigenvalue weighted by atomic mass is 16.5. The maximum absolute atomic E-state index is 5.87. The van der Waals surface area contributed by atoms with Crippen LogP contribution in [0.4, 0.5) is 0 Å². The molecule has 1 aliphatic rings. The van der Waals surface area contributed by atoms with E-state index in [0.717, 1.165) is 35.4 Å². The smallest absolute Gasteiger partial charge is 0.161 e. The molecule has 1 saturated carbocycles. The van der Waals surface area contributed by atoms with Gasteiger partial charge in [-0.05, 0) is 42.5 Å². The van der Waals surface area contributed by atoms with Crippen molar-refractivity contribution in [2.75, 3.05) is 27.3 Å². The summed E-state index contributed by atoms with van der Waals surface area (Å²) in [5.41, 5.74) is 7.02. The van der Waals surface area contributed by atoms with Crippen LogP contribution in [0.3, 0.4) is 0 Å². The minimum absolute atomic E-state index is 0.174. The lowest BCUT2D eigenvalue weighted by Gasteiger charge is -2.19. The molecule has 19 heavy (non-hydrogen) atoms. The predicted molar refractivity (Wildman–Crippen MR) is 76.6 cm³/mol. The molecule has 1 aliphatic carbocycles. The zero-order valence-corrected chi connectivity index (χ0v) is 12.0. The summed E-state index contributed by atoms with van der Waals surface area (Å²) in [5.74, 6) is 3.17. The third-order valence-electron chi connectivity index (χ3n) is 3.95. The molecule has 1 aromatic rings. The Bertz CT molecular complexity index is 423. The first kappa shape index (κ1) is 14.2. The van der Waals surface area contributed by atoms with Crippen LogP contribution in [-0.4, -0.2) is 27.3 Å². The summed E-state index contributed by atoms with van der Waals surface area (Å²) in [6, 6.07) is 6.15. The molecule has 2 rings (SSSR count). The van der Waals surface area contributed by atoms with Crippen molar-refractivity contribution in [1.82, 2.24) is 5.32 Å². The van der Waals surface area contributed by atoms with Gasteiger partial charge < -0.3 is 20.5 Å². The summed E-state index contributed by atoms with van der Waals surface area (Å²) in [5, 5.41) is 3.55. The maximum atomic E-state index is 5.87. The van der Waals surface area contributed by atoms with Crippen molar-refractivity contribution < 1.29 is 9.47 Å². The number of hydrogen-bond acceptors (Lipinski definition) is 4. The summed E-state index contributed by atoms with van der Waals surface area (Å²) in [6.45, 7) is 3.91. The van der Waals surface area contributed by atoms with Crippen LogP contribution in [0.25, 0.3) is 0 Å². The molecular weight excluding hydrogens is 240 g/mol. The van der Waals surface area contributed by atoms with Crippen molar-refractivity contribution in [3.05, 3.63) is 23.8 Å². The van der Waals surface area contributed by atoms with E-state index in [4.69, 9.17) is 15.2 Å². The fourth-order valence-electron chi connectivity index (χ4n) is 2.38. The van der Waals surface area contributed by atoms with Gasteiger partial charge in [-0.1, -0.05) is 13.0 Å². The van der Waals surface area contributed by atoms with E-state index < -0.39 is 0 Å². The summed E-state index contributed by atoms with van der Waals surface area (Å²) < 4.78 is 10.6. The van der Waals surface area contributed by atoms with Crippen LogP contribution in [0.5, 0.6) is 11.5 Å². The van der Waals surface area contributed by atoms with E-state index in [1.165, 1.54) is 6.42 Å². The molecule has 3 atom stereocenters. The van der Waals surface area contributed by atoms with Gasteiger partial charge in [0.25, 0.3) is 0 Å². The van der Waals surface area contributed by atoms with Gasteiger partial charge in [0.05, 0.1) is 14.2 Å². The topological polar surface area (TPSA) is 56.5 Å². The first-order valence-electron chi connectivity index (χ1n) is 6.85. The van der Waals surface area contributed by atoms with E-state index in [1.54, 1.807) is 14.2 Å². The number of hydrogen-bond donors (Lipinski definition) is 2. The van der Waals surface area contributed by atoms with Crippen LogP contribution in [0, 0.1) is 11.8 Å². The third-order valence-corrected chi connectivity index (χ3v) is 3.95. The molecule has 4 nitrogen and oxygen atoms in total. The van der Waals surface area contributed by atoms with E-state index in [9.17, 15) is 0 Å². The quantitative estimate of drug-likeness (QED) is 0.790. The van der Waals surface area contributed by atoms with Gasteiger partial charge in [-0.2, -0.15) is 0 Å². The minimum atomic E-state index is 0.174. The molecule has 4 heteroatoms. The summed E-state index contributed by atoms with van der Waals surface area (Å²) in [6.07, 6.45) is 1.33. The van der Waals surface area contributed by atoms with Crippen molar-refractivity contribution >= 4 is 0 Å². The average Bonchev–Trinajstić information content (AvgIpc) is 3.15. The highest BCUT2D eigenvalue weighted by Gasteiger charge is 2.32. The summed E-state index contributed by atoms with van der Waals surface area (Å²) in [7, 11) is 3.29. The van der Waals surface area contributed by atoms with Crippen LogP contribution in [0.1, 0.15) is 24.9 Å². The lowest BCUT2D eigenvalue weighted by atomic mass is 10.1. The molecule has 1 aromatic carbocycles. The Kier molecular flexibility index (Phi) is 4.66. The SMILES string of the molecule is COc1ccc(C(CN)NCC2CC2C)cc1OC. The second kappa shape index (κ2) is 6.26. The zero-order chi connectivity index (χ0) is 13.8. The van der Waals surface area contributed by atoms with Crippen molar-refractivity contribution in [3.63, 3.8) is 0 Å². The van der Waals surface area contributed by atoms with Gasteiger partial charge in [0.2, 0.25) is 0 Å². The Hall–Kier alpha value is -1.26. The molecule has 1 fully saturated rings. The first-order valence-corrected chi connectivity index (χ1v) is 6.85. The molecule has 0 aliphatic heterocycles. The van der Waals surface area contributed by atoms with Crippen LogP contribution in [0.15, 0.2) is 18.2 Å². The van der Waals surface area contributed by atoms with Gasteiger partial charge >= 0.3 is 0 Å². The maximum Gasteiger partial charge on any atom is 0.161 e. The second-order valence-electron chi connectivity index (χ2n) is 5.28. The van der Waals surface area contributed by atoms with E-state index in [2.05, 4.69) is 12.2 Å². The van der Waals surface area contributed by atoms with Gasteiger partial charge in [0.1, 0.15) is 0 Å². The highest BCUT2D eigenvalue weighted by molar-refractivity contribution is 5.43. The number of benzene rings is 1. The molecule has 0 aromatic heterocycles. The zero-order valence-electron chi connectivity index (χ0n) is 12.0. The molecule has 0 spiro atoms. The van der Waals surface area contributed by atoms with Crippen LogP contribution < -0.4 is 20.5 Å². The predicted octanol–water partition coefficient (Wildman–Crippen LogP) is 1.95. The average molecular weight is 264 g/mol. The normalized spacial score (nSPS) is 22.9. The van der Waals surface area contributed by atoms with Gasteiger partial charge in [-0.15, -0.1) is 0 Å². The van der Waals surface area contributed by atoms with Crippen LogP contribution in [-0.2, 0) is 0 Å². The molecular formula is C15H24N2O2. The Morgan fingerprint density at radius 1 is 1.32 bits per heavy atom.